The molecule has 0 bridgehead atoms. The molecule has 1 fully saturated rings. The third-order valence-electron chi connectivity index (χ3n) is 4.05. The lowest BCUT2D eigenvalue weighted by Crippen LogP contribution is -2.50. The Morgan fingerprint density at radius 3 is 2.91 bits per heavy atom. The molecule has 1 aromatic heterocycles. The molecule has 1 amide bonds. The minimum absolute atomic E-state index is 0.196. The Morgan fingerprint density at radius 2 is 2.22 bits per heavy atom. The Labute approximate surface area is 139 Å². The van der Waals surface area contributed by atoms with Crippen molar-refractivity contribution in [2.24, 2.45) is 0 Å². The van der Waals surface area contributed by atoms with Crippen molar-refractivity contribution >= 4 is 6.09 Å². The summed E-state index contributed by atoms with van der Waals surface area (Å²) in [5.41, 5.74) is 1.80. The topological polar surface area (TPSA) is 54.5 Å². The average molecular weight is 319 g/mol. The van der Waals surface area contributed by atoms with Crippen LogP contribution in [0, 0.1) is 6.92 Å². The van der Waals surface area contributed by atoms with Crippen LogP contribution in [0.25, 0.3) is 0 Å². The molecule has 2 heterocycles. The maximum atomic E-state index is 12.4. The summed E-state index contributed by atoms with van der Waals surface area (Å²) in [5, 5.41) is 3.45. The van der Waals surface area contributed by atoms with Crippen LogP contribution in [0.1, 0.15) is 51.3 Å². The van der Waals surface area contributed by atoms with Gasteiger partial charge in [0.25, 0.3) is 0 Å². The van der Waals surface area contributed by atoms with Crippen molar-refractivity contribution < 1.29 is 9.53 Å². The highest BCUT2D eigenvalue weighted by atomic mass is 16.6. The lowest BCUT2D eigenvalue weighted by molar-refractivity contribution is 0.00993. The number of pyridine rings is 1. The number of nitrogens with zero attached hydrogens (tertiary/aromatic N) is 2. The van der Waals surface area contributed by atoms with Crippen LogP contribution in [0.4, 0.5) is 4.79 Å². The number of aryl methyl sites for hydroxylation is 1. The number of carbonyl (C=O) groups is 1. The summed E-state index contributed by atoms with van der Waals surface area (Å²) >= 11 is 0. The molecule has 0 spiro atoms. The maximum absolute atomic E-state index is 12.4. The number of nitrogens with one attached hydrogen (secondary N) is 1. The van der Waals surface area contributed by atoms with Gasteiger partial charge in [0.2, 0.25) is 0 Å². The molecule has 128 valence electrons. The van der Waals surface area contributed by atoms with Gasteiger partial charge in [-0.3, -0.25) is 4.98 Å². The first-order valence-corrected chi connectivity index (χ1v) is 8.47. The van der Waals surface area contributed by atoms with Crippen LogP contribution in [0.2, 0.25) is 0 Å². The molecule has 1 aliphatic rings. The Kier molecular flexibility index (Phi) is 5.99. The van der Waals surface area contributed by atoms with Crippen molar-refractivity contribution in [1.82, 2.24) is 15.2 Å². The fourth-order valence-corrected chi connectivity index (χ4v) is 2.83. The molecule has 1 saturated heterocycles. The van der Waals surface area contributed by atoms with Gasteiger partial charge in [0.15, 0.2) is 0 Å². The molecule has 1 unspecified atom stereocenters. The fourth-order valence-electron chi connectivity index (χ4n) is 2.83. The lowest BCUT2D eigenvalue weighted by Gasteiger charge is -2.37. The number of piperidine rings is 1. The lowest BCUT2D eigenvalue weighted by atomic mass is 10.0. The number of ether oxygens (including phenoxy) is 1. The van der Waals surface area contributed by atoms with E-state index in [1.807, 2.05) is 37.9 Å². The first-order chi connectivity index (χ1) is 10.9. The highest BCUT2D eigenvalue weighted by molar-refractivity contribution is 5.68. The Hall–Kier alpha value is -1.62. The molecule has 1 N–H and O–H groups in total. The van der Waals surface area contributed by atoms with Crippen LogP contribution < -0.4 is 5.32 Å². The van der Waals surface area contributed by atoms with Crippen LogP contribution >= 0.6 is 0 Å². The molecule has 1 aliphatic heterocycles. The van der Waals surface area contributed by atoms with Crippen molar-refractivity contribution in [2.75, 3.05) is 13.1 Å². The molecule has 2 rings (SSSR count). The summed E-state index contributed by atoms with van der Waals surface area (Å²) in [6.07, 6.45) is 4.85. The number of hydrogen-bond donors (Lipinski definition) is 1. The normalized spacial score (nSPS) is 18.8. The zero-order valence-electron chi connectivity index (χ0n) is 14.8. The van der Waals surface area contributed by atoms with Gasteiger partial charge < -0.3 is 15.0 Å². The summed E-state index contributed by atoms with van der Waals surface area (Å²) in [5.74, 6) is 0. The largest absolute Gasteiger partial charge is 0.444 e. The Bertz CT molecular complexity index is 525. The van der Waals surface area contributed by atoms with E-state index in [1.165, 1.54) is 5.56 Å². The van der Waals surface area contributed by atoms with Crippen LogP contribution in [0.5, 0.6) is 0 Å². The zero-order chi connectivity index (χ0) is 16.9. The van der Waals surface area contributed by atoms with E-state index in [4.69, 9.17) is 4.74 Å². The second kappa shape index (κ2) is 7.77. The standard InChI is InChI=1S/C18H29N3O2/c1-14-8-7-10-20-16(14)13-19-12-15-9-5-6-11-21(15)17(22)23-18(2,3)4/h7-8,10,15,19H,5-6,9,11-13H2,1-4H3. The van der Waals surface area contributed by atoms with Crippen molar-refractivity contribution in [1.29, 1.82) is 0 Å². The van der Waals surface area contributed by atoms with E-state index in [2.05, 4.69) is 23.3 Å². The molecule has 1 atom stereocenters. The van der Waals surface area contributed by atoms with Crippen LogP contribution in [0.15, 0.2) is 18.3 Å². The second-order valence-electron chi connectivity index (χ2n) is 7.22. The van der Waals surface area contributed by atoms with Gasteiger partial charge in [-0.2, -0.15) is 0 Å². The number of likely N-dealkylation sites (tertiary alicyclic amines) is 1. The molecular formula is C18H29N3O2. The smallest absolute Gasteiger partial charge is 0.410 e. The van der Waals surface area contributed by atoms with Gasteiger partial charge in [-0.25, -0.2) is 4.79 Å². The minimum atomic E-state index is -0.447. The van der Waals surface area contributed by atoms with Gasteiger partial charge in [0.05, 0.1) is 5.69 Å². The van der Waals surface area contributed by atoms with Crippen LogP contribution in [-0.4, -0.2) is 40.7 Å². The van der Waals surface area contributed by atoms with Crippen LogP contribution in [0.3, 0.4) is 0 Å². The number of hydrogen-bond acceptors (Lipinski definition) is 4. The second-order valence-corrected chi connectivity index (χ2v) is 7.22. The first-order valence-electron chi connectivity index (χ1n) is 8.47. The third-order valence-corrected chi connectivity index (χ3v) is 4.05. The highest BCUT2D eigenvalue weighted by Gasteiger charge is 2.30. The molecule has 0 aliphatic carbocycles. The number of carbonyl (C=O) groups excluding carboxylic acids is 1. The predicted molar refractivity (Wildman–Crippen MR) is 91.3 cm³/mol. The van der Waals surface area contributed by atoms with E-state index in [-0.39, 0.29) is 12.1 Å². The molecule has 0 saturated carbocycles. The molecule has 0 aromatic carbocycles. The number of rotatable bonds is 4. The van der Waals surface area contributed by atoms with Crippen molar-refractivity contribution in [2.45, 2.75) is 65.1 Å². The van der Waals surface area contributed by atoms with Gasteiger partial charge >= 0.3 is 6.09 Å². The summed E-state index contributed by atoms with van der Waals surface area (Å²) in [7, 11) is 0. The van der Waals surface area contributed by atoms with E-state index < -0.39 is 5.60 Å². The quantitative estimate of drug-likeness (QED) is 0.925. The predicted octanol–water partition coefficient (Wildman–Crippen LogP) is 3.27. The Balaban J connectivity index is 1.89. The molecule has 1 aromatic rings. The maximum Gasteiger partial charge on any atom is 0.410 e. The monoisotopic (exact) mass is 319 g/mol. The number of aromatic nitrogens is 1. The minimum Gasteiger partial charge on any atom is -0.444 e. The SMILES string of the molecule is Cc1cccnc1CNCC1CCCCN1C(=O)OC(C)(C)C. The van der Waals surface area contributed by atoms with E-state index in [0.717, 1.165) is 44.6 Å². The molecular weight excluding hydrogens is 290 g/mol. The van der Waals surface area contributed by atoms with E-state index in [1.54, 1.807) is 0 Å². The highest BCUT2D eigenvalue weighted by Crippen LogP contribution is 2.20. The van der Waals surface area contributed by atoms with Gasteiger partial charge in [-0.05, 0) is 58.6 Å². The van der Waals surface area contributed by atoms with Gasteiger partial charge in [0.1, 0.15) is 5.60 Å². The van der Waals surface area contributed by atoms with E-state index in [0.29, 0.717) is 0 Å². The van der Waals surface area contributed by atoms with E-state index in [9.17, 15) is 4.79 Å². The number of amides is 1. The van der Waals surface area contributed by atoms with Crippen molar-refractivity contribution in [3.63, 3.8) is 0 Å². The van der Waals surface area contributed by atoms with Crippen LogP contribution in [-0.2, 0) is 11.3 Å². The van der Waals surface area contributed by atoms with E-state index >= 15 is 0 Å². The molecule has 23 heavy (non-hydrogen) atoms. The molecule has 5 heteroatoms. The van der Waals surface area contributed by atoms with Gasteiger partial charge in [-0.1, -0.05) is 6.07 Å². The van der Waals surface area contributed by atoms with Crippen molar-refractivity contribution in [3.05, 3.63) is 29.6 Å². The summed E-state index contributed by atoms with van der Waals surface area (Å²) in [6.45, 7) is 10.1. The van der Waals surface area contributed by atoms with Gasteiger partial charge in [0, 0.05) is 31.9 Å². The van der Waals surface area contributed by atoms with Gasteiger partial charge in [-0.15, -0.1) is 0 Å². The third kappa shape index (κ3) is 5.50. The fraction of sp³-hybridized carbons (Fsp3) is 0.667. The summed E-state index contributed by atoms with van der Waals surface area (Å²) in [4.78, 5) is 18.7. The summed E-state index contributed by atoms with van der Waals surface area (Å²) in [6, 6.07) is 4.21. The molecule has 0 radical (unpaired) electrons. The van der Waals surface area contributed by atoms with Crippen molar-refractivity contribution in [3.8, 4) is 0 Å². The first kappa shape index (κ1) is 17.7. The zero-order valence-corrected chi connectivity index (χ0v) is 14.8. The summed E-state index contributed by atoms with van der Waals surface area (Å²) < 4.78 is 5.54. The molecule has 5 nitrogen and oxygen atoms in total. The Morgan fingerprint density at radius 1 is 1.43 bits per heavy atom. The average Bonchev–Trinajstić information content (AvgIpc) is 2.48.